The lowest BCUT2D eigenvalue weighted by Crippen LogP contribution is -1.73. The van der Waals surface area contributed by atoms with E-state index in [-0.39, 0.29) is 12.4 Å². The lowest BCUT2D eigenvalue weighted by molar-refractivity contribution is 1.41. The molecular weight excluding hydrogens is 220 g/mol. The highest BCUT2D eigenvalue weighted by atomic mass is 35.5. The second-order valence-corrected chi connectivity index (χ2v) is 3.08. The Bertz CT molecular complexity index is 423. The summed E-state index contributed by atoms with van der Waals surface area (Å²) in [4.78, 5) is 7.04. The van der Waals surface area contributed by atoms with E-state index in [0.29, 0.717) is 0 Å². The largest absolute Gasteiger partial charge is 0.368 e. The summed E-state index contributed by atoms with van der Waals surface area (Å²) in [7, 11) is 0. The number of halogens is 1. The zero-order valence-electron chi connectivity index (χ0n) is 8.71. The minimum Gasteiger partial charge on any atom is -0.368 e. The molecule has 2 nitrogen and oxygen atoms in total. The highest BCUT2D eigenvalue weighted by Gasteiger charge is 1.86. The molecule has 0 bridgehead atoms. The number of para-hydroxylation sites is 1. The van der Waals surface area contributed by atoms with Crippen LogP contribution in [0, 0.1) is 0 Å². The van der Waals surface area contributed by atoms with Crippen molar-refractivity contribution in [3.8, 4) is 0 Å². The highest BCUT2D eigenvalue weighted by Crippen LogP contribution is 2.07. The van der Waals surface area contributed by atoms with Gasteiger partial charge < -0.3 is 4.98 Å². The molecule has 0 saturated heterocycles. The van der Waals surface area contributed by atoms with E-state index in [2.05, 4.69) is 22.1 Å². The van der Waals surface area contributed by atoms with Gasteiger partial charge in [0.05, 0.1) is 5.52 Å². The van der Waals surface area contributed by atoms with Crippen molar-refractivity contribution >= 4 is 23.3 Å². The minimum atomic E-state index is 0. The molecule has 2 heterocycles. The molecule has 0 aliphatic rings. The van der Waals surface area contributed by atoms with Gasteiger partial charge in [0.1, 0.15) is 0 Å². The first-order chi connectivity index (χ1) is 7.47. The average molecular weight is 233 g/mol. The number of rotatable bonds is 0. The number of H-pyrrole nitrogens is 1. The predicted octanol–water partition coefficient (Wildman–Crippen LogP) is 3.67. The van der Waals surface area contributed by atoms with E-state index < -0.39 is 0 Å². The molecule has 2 aromatic heterocycles. The molecule has 0 unspecified atom stereocenters. The van der Waals surface area contributed by atoms with Crippen LogP contribution in [0.15, 0.2) is 67.1 Å². The Labute approximate surface area is 101 Å². The van der Waals surface area contributed by atoms with Gasteiger partial charge in [-0.05, 0) is 24.3 Å². The van der Waals surface area contributed by atoms with Crippen LogP contribution >= 0.6 is 12.4 Å². The molecule has 16 heavy (non-hydrogen) atoms. The van der Waals surface area contributed by atoms with Crippen molar-refractivity contribution in [3.63, 3.8) is 0 Å². The molecule has 0 atom stereocenters. The van der Waals surface area contributed by atoms with Crippen LogP contribution in [0.1, 0.15) is 0 Å². The maximum Gasteiger partial charge on any atom is 0.0701 e. The van der Waals surface area contributed by atoms with E-state index in [9.17, 15) is 0 Å². The van der Waals surface area contributed by atoms with Gasteiger partial charge in [-0.3, -0.25) is 4.98 Å². The normalized spacial score (nSPS) is 8.75. The summed E-state index contributed by atoms with van der Waals surface area (Å²) in [6.07, 6.45) is 5.56. The summed E-state index contributed by atoms with van der Waals surface area (Å²) in [6, 6.07) is 16.0. The fraction of sp³-hybridized carbons (Fsp3) is 0. The first-order valence-electron chi connectivity index (χ1n) is 4.84. The third-order valence-corrected chi connectivity index (χ3v) is 2.01. The summed E-state index contributed by atoms with van der Waals surface area (Å²) in [5.74, 6) is 0. The number of hydrogen-bond donors (Lipinski definition) is 1. The zero-order chi connectivity index (χ0) is 10.3. The fourth-order valence-corrected chi connectivity index (χ4v) is 1.29. The van der Waals surface area contributed by atoms with Crippen molar-refractivity contribution in [2.75, 3.05) is 0 Å². The van der Waals surface area contributed by atoms with Crippen LogP contribution in [-0.2, 0) is 0 Å². The predicted molar refractivity (Wildman–Crippen MR) is 69.8 cm³/mol. The second kappa shape index (κ2) is 6.64. The monoisotopic (exact) mass is 232 g/mol. The summed E-state index contributed by atoms with van der Waals surface area (Å²) < 4.78 is 0. The third-order valence-electron chi connectivity index (χ3n) is 2.01. The maximum absolute atomic E-state index is 4.18. The average Bonchev–Trinajstić information content (AvgIpc) is 2.88. The van der Waals surface area contributed by atoms with E-state index in [4.69, 9.17) is 0 Å². The SMILES string of the molecule is Cl.c1cc[nH]c1.c1ccc2ncccc2c1. The molecule has 0 radical (unpaired) electrons. The summed E-state index contributed by atoms with van der Waals surface area (Å²) in [5.41, 5.74) is 1.06. The number of aromatic amines is 1. The van der Waals surface area contributed by atoms with E-state index in [1.54, 1.807) is 0 Å². The van der Waals surface area contributed by atoms with Crippen molar-refractivity contribution in [1.29, 1.82) is 0 Å². The molecule has 3 rings (SSSR count). The topological polar surface area (TPSA) is 28.7 Å². The first kappa shape index (κ1) is 12.3. The Morgan fingerprint density at radius 3 is 2.12 bits per heavy atom. The Kier molecular flexibility index (Phi) is 5.09. The summed E-state index contributed by atoms with van der Waals surface area (Å²) in [5, 5.41) is 1.20. The molecule has 0 spiro atoms. The van der Waals surface area contributed by atoms with E-state index >= 15 is 0 Å². The molecule has 0 aliphatic carbocycles. The van der Waals surface area contributed by atoms with Gasteiger partial charge in [-0.25, -0.2) is 0 Å². The van der Waals surface area contributed by atoms with Gasteiger partial charge >= 0.3 is 0 Å². The highest BCUT2D eigenvalue weighted by molar-refractivity contribution is 5.85. The fourth-order valence-electron chi connectivity index (χ4n) is 1.29. The molecule has 0 aliphatic heterocycles. The number of nitrogens with zero attached hydrogens (tertiary/aromatic N) is 1. The van der Waals surface area contributed by atoms with Crippen LogP contribution in [0.25, 0.3) is 10.9 Å². The zero-order valence-corrected chi connectivity index (χ0v) is 9.52. The lowest BCUT2D eigenvalue weighted by Gasteiger charge is -1.91. The van der Waals surface area contributed by atoms with Crippen LogP contribution in [-0.4, -0.2) is 9.97 Å². The number of hydrogen-bond acceptors (Lipinski definition) is 1. The minimum absolute atomic E-state index is 0. The summed E-state index contributed by atoms with van der Waals surface area (Å²) >= 11 is 0. The van der Waals surface area contributed by atoms with Gasteiger partial charge in [0, 0.05) is 24.0 Å². The van der Waals surface area contributed by atoms with Gasteiger partial charge in [0.15, 0.2) is 0 Å². The number of pyridine rings is 1. The molecule has 1 N–H and O–H groups in total. The molecule has 3 aromatic rings. The van der Waals surface area contributed by atoms with Crippen molar-refractivity contribution < 1.29 is 0 Å². The van der Waals surface area contributed by atoms with Crippen LogP contribution < -0.4 is 0 Å². The van der Waals surface area contributed by atoms with E-state index in [1.165, 1.54) is 5.39 Å². The molecular formula is C13H13ClN2. The number of fused-ring (bicyclic) bond motifs is 1. The van der Waals surface area contributed by atoms with Crippen LogP contribution in [0.2, 0.25) is 0 Å². The Morgan fingerprint density at radius 1 is 0.812 bits per heavy atom. The standard InChI is InChI=1S/C9H7N.C4H5N.ClH/c1-2-6-9-8(4-1)5-3-7-10-9;1-2-4-5-3-1;/h1-7H;1-5H;1H. The van der Waals surface area contributed by atoms with Crippen LogP contribution in [0.3, 0.4) is 0 Å². The van der Waals surface area contributed by atoms with Crippen LogP contribution in [0.5, 0.6) is 0 Å². The van der Waals surface area contributed by atoms with E-state index in [0.717, 1.165) is 5.52 Å². The van der Waals surface area contributed by atoms with Crippen molar-refractivity contribution in [3.05, 3.63) is 67.1 Å². The number of aromatic nitrogens is 2. The Morgan fingerprint density at radius 2 is 1.50 bits per heavy atom. The molecule has 0 amide bonds. The Hall–Kier alpha value is -1.80. The number of benzene rings is 1. The van der Waals surface area contributed by atoms with Crippen molar-refractivity contribution in [2.45, 2.75) is 0 Å². The van der Waals surface area contributed by atoms with Gasteiger partial charge in [-0.1, -0.05) is 24.3 Å². The third kappa shape index (κ3) is 3.41. The van der Waals surface area contributed by atoms with Crippen molar-refractivity contribution in [1.82, 2.24) is 9.97 Å². The Balaban J connectivity index is 0.000000183. The quantitative estimate of drug-likeness (QED) is 0.630. The van der Waals surface area contributed by atoms with Gasteiger partial charge in [-0.2, -0.15) is 0 Å². The summed E-state index contributed by atoms with van der Waals surface area (Å²) in [6.45, 7) is 0. The van der Waals surface area contributed by atoms with Crippen LogP contribution in [0.4, 0.5) is 0 Å². The van der Waals surface area contributed by atoms with Gasteiger partial charge in [0.2, 0.25) is 0 Å². The molecule has 1 aromatic carbocycles. The van der Waals surface area contributed by atoms with Gasteiger partial charge in [-0.15, -0.1) is 12.4 Å². The molecule has 82 valence electrons. The van der Waals surface area contributed by atoms with E-state index in [1.807, 2.05) is 55.0 Å². The second-order valence-electron chi connectivity index (χ2n) is 3.08. The number of nitrogens with one attached hydrogen (secondary N) is 1. The van der Waals surface area contributed by atoms with Crippen molar-refractivity contribution in [2.24, 2.45) is 0 Å². The smallest absolute Gasteiger partial charge is 0.0701 e. The van der Waals surface area contributed by atoms with Gasteiger partial charge in [0.25, 0.3) is 0 Å². The maximum atomic E-state index is 4.18. The molecule has 3 heteroatoms. The molecule has 0 fully saturated rings. The molecule has 0 saturated carbocycles. The first-order valence-corrected chi connectivity index (χ1v) is 4.84. The lowest BCUT2D eigenvalue weighted by atomic mass is 10.2.